The topological polar surface area (TPSA) is 142 Å². The predicted molar refractivity (Wildman–Crippen MR) is 157 cm³/mol. The molecule has 0 aliphatic rings. The quantitative estimate of drug-likeness (QED) is 0.308. The number of anilines is 1. The number of fused-ring (bicyclic) bond motifs is 2. The van der Waals surface area contributed by atoms with Crippen LogP contribution in [-0.4, -0.2) is 42.2 Å². The fourth-order valence-electron chi connectivity index (χ4n) is 4.74. The summed E-state index contributed by atoms with van der Waals surface area (Å²) in [5.41, 5.74) is 8.64. The summed E-state index contributed by atoms with van der Waals surface area (Å²) in [6.45, 7) is 1.81. The van der Waals surface area contributed by atoms with Crippen molar-refractivity contribution in [2.24, 2.45) is 0 Å². The molecule has 1 atom stereocenters. The number of pyridine rings is 1. The van der Waals surface area contributed by atoms with Crippen LogP contribution in [0.3, 0.4) is 0 Å². The Morgan fingerprint density at radius 2 is 1.81 bits per heavy atom. The van der Waals surface area contributed by atoms with Gasteiger partial charge in [-0.25, -0.2) is 19.5 Å². The number of aromatic nitrogens is 6. The average Bonchev–Trinajstić information content (AvgIpc) is 3.36. The molecule has 11 nitrogen and oxygen atoms in total. The van der Waals surface area contributed by atoms with Crippen molar-refractivity contribution in [3.8, 4) is 23.5 Å². The number of methoxy groups -OCH3 is 1. The van der Waals surface area contributed by atoms with Crippen LogP contribution < -0.4 is 21.3 Å². The molecular formula is C31H24N8O3. The molecule has 4 aromatic heterocycles. The van der Waals surface area contributed by atoms with Gasteiger partial charge < -0.3 is 15.8 Å². The largest absolute Gasteiger partial charge is 0.467 e. The monoisotopic (exact) mass is 556 g/mol. The van der Waals surface area contributed by atoms with Crippen molar-refractivity contribution < 1.29 is 9.53 Å². The molecule has 206 valence electrons. The summed E-state index contributed by atoms with van der Waals surface area (Å²) in [7, 11) is 1.49. The molecule has 0 radical (unpaired) electrons. The smallest absolute Gasteiger partial charge is 0.316 e. The van der Waals surface area contributed by atoms with E-state index in [4.69, 9.17) is 10.5 Å². The SMILES string of the molecule is COc1ncc(C#Cc2cccc3cc([C@H](C)NC(=O)c4c(N)nn5cccnc45)n(-c4ccccc4)c(=O)c23)cn1. The van der Waals surface area contributed by atoms with E-state index >= 15 is 0 Å². The maximum atomic E-state index is 14.2. The van der Waals surface area contributed by atoms with Crippen LogP contribution in [0.1, 0.15) is 40.1 Å². The summed E-state index contributed by atoms with van der Waals surface area (Å²) in [4.78, 5) is 40.1. The first kappa shape index (κ1) is 26.2. The Kier molecular flexibility index (Phi) is 6.78. The van der Waals surface area contributed by atoms with E-state index in [0.29, 0.717) is 38.9 Å². The van der Waals surface area contributed by atoms with Crippen molar-refractivity contribution >= 4 is 28.1 Å². The number of hydrogen-bond acceptors (Lipinski definition) is 8. The molecule has 0 aliphatic heterocycles. The Labute approximate surface area is 239 Å². The number of benzene rings is 2. The molecule has 6 rings (SSSR count). The van der Waals surface area contributed by atoms with Crippen LogP contribution in [-0.2, 0) is 0 Å². The molecule has 0 unspecified atom stereocenters. The Morgan fingerprint density at radius 3 is 2.57 bits per heavy atom. The van der Waals surface area contributed by atoms with Crippen LogP contribution in [0, 0.1) is 11.8 Å². The van der Waals surface area contributed by atoms with E-state index in [1.54, 1.807) is 48.4 Å². The van der Waals surface area contributed by atoms with Crippen LogP contribution in [0.5, 0.6) is 6.01 Å². The van der Waals surface area contributed by atoms with Gasteiger partial charge in [-0.15, -0.1) is 5.10 Å². The lowest BCUT2D eigenvalue weighted by molar-refractivity contribution is 0.0941. The number of ether oxygens (including phenoxy) is 1. The second kappa shape index (κ2) is 10.9. The molecule has 6 aromatic rings. The minimum atomic E-state index is -0.598. The fourth-order valence-corrected chi connectivity index (χ4v) is 4.74. The zero-order valence-electron chi connectivity index (χ0n) is 22.6. The average molecular weight is 557 g/mol. The summed E-state index contributed by atoms with van der Waals surface area (Å²) < 4.78 is 8.05. The minimum absolute atomic E-state index is 0.0582. The van der Waals surface area contributed by atoms with Crippen LogP contribution in [0.4, 0.5) is 5.82 Å². The van der Waals surface area contributed by atoms with Gasteiger partial charge >= 0.3 is 6.01 Å². The minimum Gasteiger partial charge on any atom is -0.467 e. The number of nitrogens with two attached hydrogens (primary N) is 1. The summed E-state index contributed by atoms with van der Waals surface area (Å²) >= 11 is 0. The van der Waals surface area contributed by atoms with E-state index in [-0.39, 0.29) is 23.0 Å². The summed E-state index contributed by atoms with van der Waals surface area (Å²) in [5, 5.41) is 8.29. The lowest BCUT2D eigenvalue weighted by Crippen LogP contribution is -2.32. The van der Waals surface area contributed by atoms with Gasteiger partial charge in [-0.05, 0) is 42.6 Å². The number of hydrogen-bond donors (Lipinski definition) is 2. The molecule has 0 bridgehead atoms. The Bertz CT molecular complexity index is 2070. The van der Waals surface area contributed by atoms with Crippen molar-refractivity contribution in [3.05, 3.63) is 118 Å². The Balaban J connectivity index is 1.46. The maximum Gasteiger partial charge on any atom is 0.316 e. The number of amides is 1. The van der Waals surface area contributed by atoms with Gasteiger partial charge in [-0.1, -0.05) is 42.2 Å². The van der Waals surface area contributed by atoms with Gasteiger partial charge in [0.15, 0.2) is 11.5 Å². The molecule has 4 heterocycles. The van der Waals surface area contributed by atoms with Crippen molar-refractivity contribution in [1.82, 2.24) is 34.4 Å². The highest BCUT2D eigenvalue weighted by atomic mass is 16.5. The lowest BCUT2D eigenvalue weighted by Gasteiger charge is -2.21. The summed E-state index contributed by atoms with van der Waals surface area (Å²) in [6, 6.07) is 17.9. The number of nitrogens with one attached hydrogen (secondary N) is 1. The van der Waals surface area contributed by atoms with Gasteiger partial charge in [0.2, 0.25) is 0 Å². The highest BCUT2D eigenvalue weighted by Gasteiger charge is 2.24. The third-order valence-electron chi connectivity index (χ3n) is 6.68. The predicted octanol–water partition coefficient (Wildman–Crippen LogP) is 3.31. The van der Waals surface area contributed by atoms with Crippen molar-refractivity contribution in [3.63, 3.8) is 0 Å². The van der Waals surface area contributed by atoms with Crippen LogP contribution in [0.2, 0.25) is 0 Å². The van der Waals surface area contributed by atoms with Crippen molar-refractivity contribution in [2.45, 2.75) is 13.0 Å². The molecule has 2 aromatic carbocycles. The Hall–Kier alpha value is -6.02. The van der Waals surface area contributed by atoms with Gasteiger partial charge in [-0.2, -0.15) is 0 Å². The van der Waals surface area contributed by atoms with Crippen LogP contribution in [0.25, 0.3) is 22.1 Å². The lowest BCUT2D eigenvalue weighted by atomic mass is 10.0. The molecule has 0 fully saturated rings. The summed E-state index contributed by atoms with van der Waals surface area (Å²) in [6.07, 6.45) is 6.34. The van der Waals surface area contributed by atoms with E-state index in [9.17, 15) is 9.59 Å². The zero-order valence-corrected chi connectivity index (χ0v) is 22.6. The van der Waals surface area contributed by atoms with E-state index < -0.39 is 11.9 Å². The van der Waals surface area contributed by atoms with E-state index in [0.717, 1.165) is 0 Å². The standard InChI is InChI=1S/C31H24N8O3/c1-19(36-29(40)26-27(32)37-38-15-7-14-33-28(26)38)24-16-22-9-6-8-21(13-12-20-17-34-31(42-2)35-18-20)25(22)30(41)39(24)23-10-4-3-5-11-23/h3-11,14-19H,1-2H3,(H2,32,37)(H,36,40)/t19-/m0/s1. The number of carbonyl (C=O) groups excluding carboxylic acids is 1. The van der Waals surface area contributed by atoms with Gasteiger partial charge in [0.1, 0.15) is 5.56 Å². The molecule has 0 spiro atoms. The first-order valence-corrected chi connectivity index (χ1v) is 13.0. The van der Waals surface area contributed by atoms with E-state index in [1.807, 2.05) is 48.5 Å². The van der Waals surface area contributed by atoms with Gasteiger partial charge in [-0.3, -0.25) is 14.2 Å². The van der Waals surface area contributed by atoms with Crippen LogP contribution >= 0.6 is 0 Å². The third kappa shape index (κ3) is 4.77. The zero-order chi connectivity index (χ0) is 29.2. The molecule has 1 amide bonds. The van der Waals surface area contributed by atoms with Gasteiger partial charge in [0.25, 0.3) is 11.5 Å². The van der Waals surface area contributed by atoms with E-state index in [2.05, 4.69) is 37.2 Å². The Morgan fingerprint density at radius 1 is 1.02 bits per heavy atom. The van der Waals surface area contributed by atoms with Crippen molar-refractivity contribution in [1.29, 1.82) is 0 Å². The second-order valence-electron chi connectivity index (χ2n) is 9.37. The number of para-hydroxylation sites is 1. The molecule has 3 N–H and O–H groups in total. The first-order valence-electron chi connectivity index (χ1n) is 13.0. The fraction of sp³-hybridized carbons (Fsp3) is 0.0968. The van der Waals surface area contributed by atoms with Crippen molar-refractivity contribution in [2.75, 3.05) is 12.8 Å². The molecule has 42 heavy (non-hydrogen) atoms. The highest BCUT2D eigenvalue weighted by molar-refractivity contribution is 6.04. The van der Waals surface area contributed by atoms with Gasteiger partial charge in [0, 0.05) is 41.7 Å². The molecule has 0 aliphatic carbocycles. The van der Waals surface area contributed by atoms with Crippen LogP contribution in [0.15, 0.2) is 90.2 Å². The normalized spacial score (nSPS) is 11.6. The van der Waals surface area contributed by atoms with E-state index in [1.165, 1.54) is 11.6 Å². The molecule has 0 saturated carbocycles. The molecular weight excluding hydrogens is 532 g/mol. The number of nitrogens with zero attached hydrogens (tertiary/aromatic N) is 6. The molecule has 11 heteroatoms. The first-order chi connectivity index (χ1) is 20.4. The third-order valence-corrected chi connectivity index (χ3v) is 6.68. The second-order valence-corrected chi connectivity index (χ2v) is 9.37. The number of nitrogen functional groups attached to an aromatic ring is 1. The maximum absolute atomic E-state index is 14.2. The highest BCUT2D eigenvalue weighted by Crippen LogP contribution is 2.24. The number of rotatable bonds is 5. The summed E-state index contributed by atoms with van der Waals surface area (Å²) in [5.74, 6) is 5.73. The molecule has 0 saturated heterocycles. The van der Waals surface area contributed by atoms with Gasteiger partial charge in [0.05, 0.1) is 24.1 Å². The number of carbonyl (C=O) groups is 1.